The molecule has 0 fully saturated rings. The molecule has 120 valence electrons. The van der Waals surface area contributed by atoms with Gasteiger partial charge in [-0.1, -0.05) is 60.7 Å². The van der Waals surface area contributed by atoms with Gasteiger partial charge in [-0.15, -0.1) is 0 Å². The molecule has 0 heterocycles. The molecule has 4 nitrogen and oxygen atoms in total. The summed E-state index contributed by atoms with van der Waals surface area (Å²) in [5.74, 6) is -0.814. The van der Waals surface area contributed by atoms with E-state index in [-0.39, 0.29) is 12.3 Å². The Morgan fingerprint density at radius 2 is 1.43 bits per heavy atom. The first-order chi connectivity index (χ1) is 11.1. The third-order valence-corrected chi connectivity index (χ3v) is 3.59. The van der Waals surface area contributed by atoms with E-state index in [1.54, 1.807) is 4.90 Å². The third-order valence-electron chi connectivity index (χ3n) is 3.59. The summed E-state index contributed by atoms with van der Waals surface area (Å²) in [6, 6.07) is 19.3. The average Bonchev–Trinajstić information content (AvgIpc) is 2.55. The third kappa shape index (κ3) is 5.94. The molecule has 1 N–H and O–H groups in total. The molecule has 0 aliphatic carbocycles. The first-order valence-corrected chi connectivity index (χ1v) is 7.72. The molecule has 1 amide bonds. The standard InChI is InChI=1S/C19H21NO3/c21-18(14-16-8-3-1-4-9-16)20(13-7-12-19(22)23)15-17-10-5-2-6-11-17/h1-6,8-11H,7,12-15H2,(H,22,23). The van der Waals surface area contributed by atoms with Crippen LogP contribution in [0, 0.1) is 0 Å². The van der Waals surface area contributed by atoms with E-state index in [0.717, 1.165) is 11.1 Å². The Labute approximate surface area is 136 Å². The lowest BCUT2D eigenvalue weighted by molar-refractivity contribution is -0.138. The van der Waals surface area contributed by atoms with Crippen molar-refractivity contribution in [3.05, 3.63) is 71.8 Å². The van der Waals surface area contributed by atoms with Gasteiger partial charge < -0.3 is 10.0 Å². The minimum Gasteiger partial charge on any atom is -0.481 e. The number of carbonyl (C=O) groups is 2. The van der Waals surface area contributed by atoms with Crippen molar-refractivity contribution >= 4 is 11.9 Å². The van der Waals surface area contributed by atoms with Gasteiger partial charge in [-0.05, 0) is 17.5 Å². The number of nitrogens with zero attached hydrogens (tertiary/aromatic N) is 1. The molecule has 0 unspecified atom stereocenters. The van der Waals surface area contributed by atoms with E-state index in [1.165, 1.54) is 0 Å². The topological polar surface area (TPSA) is 57.6 Å². The van der Waals surface area contributed by atoms with Crippen molar-refractivity contribution in [2.24, 2.45) is 0 Å². The molecule has 0 atom stereocenters. The van der Waals surface area contributed by atoms with Crippen molar-refractivity contribution < 1.29 is 14.7 Å². The molecule has 0 saturated heterocycles. The number of carboxylic acid groups (broad SMARTS) is 1. The van der Waals surface area contributed by atoms with Crippen LogP contribution in [0.4, 0.5) is 0 Å². The van der Waals surface area contributed by atoms with Gasteiger partial charge in [0.1, 0.15) is 0 Å². The molecule has 0 spiro atoms. The van der Waals surface area contributed by atoms with Gasteiger partial charge in [0, 0.05) is 19.5 Å². The van der Waals surface area contributed by atoms with Crippen molar-refractivity contribution in [3.63, 3.8) is 0 Å². The molecule has 2 aromatic carbocycles. The number of aliphatic carboxylic acids is 1. The molecule has 2 aromatic rings. The molecule has 0 bridgehead atoms. The number of carboxylic acids is 1. The summed E-state index contributed by atoms with van der Waals surface area (Å²) in [5.41, 5.74) is 2.01. The maximum absolute atomic E-state index is 12.6. The Morgan fingerprint density at radius 3 is 2.00 bits per heavy atom. The van der Waals surface area contributed by atoms with Gasteiger partial charge >= 0.3 is 5.97 Å². The van der Waals surface area contributed by atoms with Crippen LogP contribution in [-0.4, -0.2) is 28.4 Å². The Kier molecular flexibility index (Phi) is 6.36. The highest BCUT2D eigenvalue weighted by Crippen LogP contribution is 2.10. The lowest BCUT2D eigenvalue weighted by atomic mass is 10.1. The fraction of sp³-hybridized carbons (Fsp3) is 0.263. The SMILES string of the molecule is O=C(O)CCCN(Cc1ccccc1)C(=O)Cc1ccccc1. The highest BCUT2D eigenvalue weighted by molar-refractivity contribution is 5.78. The van der Waals surface area contributed by atoms with Crippen LogP contribution in [0.5, 0.6) is 0 Å². The first-order valence-electron chi connectivity index (χ1n) is 7.72. The summed E-state index contributed by atoms with van der Waals surface area (Å²) in [6.45, 7) is 0.957. The van der Waals surface area contributed by atoms with Gasteiger partial charge in [-0.3, -0.25) is 9.59 Å². The van der Waals surface area contributed by atoms with Crippen molar-refractivity contribution in [1.82, 2.24) is 4.90 Å². The smallest absolute Gasteiger partial charge is 0.303 e. The fourth-order valence-corrected chi connectivity index (χ4v) is 2.40. The molecule has 0 radical (unpaired) electrons. The zero-order valence-corrected chi connectivity index (χ0v) is 13.0. The van der Waals surface area contributed by atoms with Crippen LogP contribution in [0.25, 0.3) is 0 Å². The maximum Gasteiger partial charge on any atom is 0.303 e. The molecule has 4 heteroatoms. The first kappa shape index (κ1) is 16.7. The highest BCUT2D eigenvalue weighted by Gasteiger charge is 2.15. The van der Waals surface area contributed by atoms with E-state index in [4.69, 9.17) is 5.11 Å². The predicted molar refractivity (Wildman–Crippen MR) is 88.9 cm³/mol. The predicted octanol–water partition coefficient (Wildman–Crippen LogP) is 3.12. The van der Waals surface area contributed by atoms with Crippen LogP contribution in [-0.2, 0) is 22.6 Å². The quantitative estimate of drug-likeness (QED) is 0.815. The normalized spacial score (nSPS) is 10.3. The largest absolute Gasteiger partial charge is 0.481 e. The van der Waals surface area contributed by atoms with E-state index in [2.05, 4.69) is 0 Å². The lowest BCUT2D eigenvalue weighted by Crippen LogP contribution is -2.33. The van der Waals surface area contributed by atoms with Crippen LogP contribution in [0.1, 0.15) is 24.0 Å². The summed E-state index contributed by atoms with van der Waals surface area (Å²) in [7, 11) is 0. The highest BCUT2D eigenvalue weighted by atomic mass is 16.4. The average molecular weight is 311 g/mol. The van der Waals surface area contributed by atoms with Crippen LogP contribution in [0.3, 0.4) is 0 Å². The van der Waals surface area contributed by atoms with Gasteiger partial charge in [0.15, 0.2) is 0 Å². The minimum atomic E-state index is -0.833. The second kappa shape index (κ2) is 8.73. The number of hydrogen-bond acceptors (Lipinski definition) is 2. The van der Waals surface area contributed by atoms with Gasteiger partial charge in [0.05, 0.1) is 6.42 Å². The number of hydrogen-bond donors (Lipinski definition) is 1. The maximum atomic E-state index is 12.6. The molecule has 0 aromatic heterocycles. The van der Waals surface area contributed by atoms with Gasteiger partial charge in [-0.25, -0.2) is 0 Å². The van der Waals surface area contributed by atoms with Crippen LogP contribution < -0.4 is 0 Å². The van der Waals surface area contributed by atoms with E-state index in [0.29, 0.717) is 25.9 Å². The molecule has 0 aliphatic heterocycles. The van der Waals surface area contributed by atoms with Gasteiger partial charge in [0.25, 0.3) is 0 Å². The molecular weight excluding hydrogens is 290 g/mol. The van der Waals surface area contributed by atoms with Crippen LogP contribution >= 0.6 is 0 Å². The summed E-state index contributed by atoms with van der Waals surface area (Å²) in [5, 5.41) is 8.79. The van der Waals surface area contributed by atoms with Crippen molar-refractivity contribution in [1.29, 1.82) is 0 Å². The molecule has 23 heavy (non-hydrogen) atoms. The van der Waals surface area contributed by atoms with E-state index in [9.17, 15) is 9.59 Å². The van der Waals surface area contributed by atoms with Gasteiger partial charge in [0.2, 0.25) is 5.91 Å². The van der Waals surface area contributed by atoms with Crippen molar-refractivity contribution in [3.8, 4) is 0 Å². The summed E-state index contributed by atoms with van der Waals surface area (Å²) in [4.78, 5) is 25.0. The fourth-order valence-electron chi connectivity index (χ4n) is 2.40. The number of benzene rings is 2. The zero-order valence-electron chi connectivity index (χ0n) is 13.0. The number of rotatable bonds is 8. The van der Waals surface area contributed by atoms with E-state index < -0.39 is 5.97 Å². The van der Waals surface area contributed by atoms with E-state index in [1.807, 2.05) is 60.7 Å². The minimum absolute atomic E-state index is 0.0189. The molecular formula is C19H21NO3. The molecule has 2 rings (SSSR count). The molecule has 0 saturated carbocycles. The van der Waals surface area contributed by atoms with Crippen molar-refractivity contribution in [2.45, 2.75) is 25.8 Å². The Morgan fingerprint density at radius 1 is 0.870 bits per heavy atom. The zero-order chi connectivity index (χ0) is 16.5. The lowest BCUT2D eigenvalue weighted by Gasteiger charge is -2.23. The Balaban J connectivity index is 2.02. The summed E-state index contributed by atoms with van der Waals surface area (Å²) >= 11 is 0. The second-order valence-corrected chi connectivity index (χ2v) is 5.46. The Bertz CT molecular complexity index is 626. The summed E-state index contributed by atoms with van der Waals surface area (Å²) in [6.07, 6.45) is 0.868. The Hall–Kier alpha value is -2.62. The van der Waals surface area contributed by atoms with Gasteiger partial charge in [-0.2, -0.15) is 0 Å². The van der Waals surface area contributed by atoms with Crippen LogP contribution in [0.2, 0.25) is 0 Å². The number of amides is 1. The van der Waals surface area contributed by atoms with Crippen molar-refractivity contribution in [2.75, 3.05) is 6.54 Å². The monoisotopic (exact) mass is 311 g/mol. The van der Waals surface area contributed by atoms with E-state index >= 15 is 0 Å². The van der Waals surface area contributed by atoms with Crippen LogP contribution in [0.15, 0.2) is 60.7 Å². The molecule has 0 aliphatic rings. The number of carbonyl (C=O) groups excluding carboxylic acids is 1. The summed E-state index contributed by atoms with van der Waals surface area (Å²) < 4.78 is 0. The second-order valence-electron chi connectivity index (χ2n) is 5.46.